The molecular weight excluding hydrogens is 832 g/mol. The van der Waals surface area contributed by atoms with Gasteiger partial charge in [0.2, 0.25) is 17.2 Å². The van der Waals surface area contributed by atoms with Crippen LogP contribution in [0.4, 0.5) is 14.0 Å². The van der Waals surface area contributed by atoms with Crippen LogP contribution >= 0.6 is 0 Å². The third kappa shape index (κ3) is 8.41. The molecule has 7 heterocycles. The molecule has 4 unspecified atom stereocenters. The van der Waals surface area contributed by atoms with E-state index in [1.54, 1.807) is 34.2 Å². The molecule has 4 amide bonds. The summed E-state index contributed by atoms with van der Waals surface area (Å²) in [4.78, 5) is 85.9. The van der Waals surface area contributed by atoms with Gasteiger partial charge in [-0.2, -0.15) is 0 Å². The van der Waals surface area contributed by atoms with Gasteiger partial charge in [0.25, 0.3) is 0 Å². The van der Waals surface area contributed by atoms with Crippen molar-refractivity contribution in [2.24, 2.45) is 11.8 Å². The molecule has 4 aliphatic rings. The van der Waals surface area contributed by atoms with E-state index in [4.69, 9.17) is 23.4 Å². The Hall–Kier alpha value is -6.34. The highest BCUT2D eigenvalue weighted by Crippen LogP contribution is 2.37. The van der Waals surface area contributed by atoms with Crippen molar-refractivity contribution in [3.05, 3.63) is 70.4 Å². The van der Waals surface area contributed by atoms with Crippen LogP contribution in [0.3, 0.4) is 0 Å². The predicted octanol–water partition coefficient (Wildman–Crippen LogP) is 5.49. The van der Waals surface area contributed by atoms with E-state index in [-0.39, 0.29) is 51.6 Å². The molecule has 2 aromatic carbocycles. The molecule has 0 saturated carbocycles. The highest BCUT2D eigenvalue weighted by Gasteiger charge is 2.42. The van der Waals surface area contributed by atoms with Gasteiger partial charge in [0.1, 0.15) is 40.7 Å². The average molecular weight is 883 g/mol. The monoisotopic (exact) mass is 882 g/mol. The molecule has 4 fully saturated rings. The highest BCUT2D eigenvalue weighted by atomic mass is 19.1. The zero-order valence-corrected chi connectivity index (χ0v) is 35.7. The lowest BCUT2D eigenvalue weighted by Crippen LogP contribution is -2.53. The number of halogens is 1. The number of methoxy groups -OCH3 is 2. The van der Waals surface area contributed by atoms with Crippen LogP contribution in [-0.2, 0) is 28.5 Å². The maximum atomic E-state index is 16.0. The van der Waals surface area contributed by atoms with Gasteiger partial charge in [-0.1, -0.05) is 0 Å². The van der Waals surface area contributed by atoms with Crippen molar-refractivity contribution in [3.63, 3.8) is 0 Å². The van der Waals surface area contributed by atoms with E-state index in [2.05, 4.69) is 30.6 Å². The number of likely N-dealkylation sites (tertiary alicyclic amines) is 2. The van der Waals surface area contributed by atoms with Gasteiger partial charge in [-0.25, -0.2) is 23.9 Å². The van der Waals surface area contributed by atoms with Crippen molar-refractivity contribution in [1.82, 2.24) is 40.4 Å². The predicted molar refractivity (Wildman–Crippen MR) is 228 cm³/mol. The first-order valence-electron chi connectivity index (χ1n) is 21.9. The number of ether oxygens (including phenoxy) is 4. The molecule has 4 atom stereocenters. The quantitative estimate of drug-likeness (QED) is 0.128. The van der Waals surface area contributed by atoms with Gasteiger partial charge in [0.05, 0.1) is 60.9 Å². The van der Waals surface area contributed by atoms with Gasteiger partial charge in [-0.05, 0) is 93.5 Å². The van der Waals surface area contributed by atoms with Crippen molar-refractivity contribution in [1.29, 1.82) is 0 Å². The maximum Gasteiger partial charge on any atom is 0.407 e. The molecule has 4 aliphatic heterocycles. The smallest absolute Gasteiger partial charge is 0.407 e. The van der Waals surface area contributed by atoms with Gasteiger partial charge >= 0.3 is 12.2 Å². The summed E-state index contributed by atoms with van der Waals surface area (Å²) >= 11 is 0. The SMILES string of the molecule is COC(=O)NC(C(=O)N1CCCC1c1ncc(-c2ccc3oc4cc(-c5cnc(C6CCCN6C(=O)C(NC(=O)OC)C6CCOCC6)[nH]5)c(F)cc4c(=O)c3c2)[nH]1)C1CCOCC1. The fourth-order valence-corrected chi connectivity index (χ4v) is 9.76. The Labute approximate surface area is 366 Å². The minimum atomic E-state index is -0.796. The van der Waals surface area contributed by atoms with E-state index in [9.17, 15) is 24.0 Å². The van der Waals surface area contributed by atoms with Crippen LogP contribution in [-0.4, -0.2) is 120 Å². The topological polar surface area (TPSA) is 223 Å². The molecule has 5 aromatic rings. The van der Waals surface area contributed by atoms with Crippen LogP contribution < -0.4 is 16.1 Å². The molecule has 64 heavy (non-hydrogen) atoms. The van der Waals surface area contributed by atoms with Gasteiger partial charge < -0.3 is 53.8 Å². The van der Waals surface area contributed by atoms with E-state index in [1.807, 2.05) is 0 Å². The fraction of sp³-hybridized carbons (Fsp3) is 0.489. The Bertz CT molecular complexity index is 2620. The van der Waals surface area contributed by atoms with Crippen molar-refractivity contribution >= 4 is 45.9 Å². The van der Waals surface area contributed by atoms with Crippen LogP contribution in [0, 0.1) is 17.7 Å². The van der Waals surface area contributed by atoms with Crippen molar-refractivity contribution in [2.75, 3.05) is 53.7 Å². The second-order valence-corrected chi connectivity index (χ2v) is 16.8. The first kappa shape index (κ1) is 42.9. The largest absolute Gasteiger partial charge is 0.456 e. The Kier molecular flexibility index (Phi) is 12.3. The van der Waals surface area contributed by atoms with E-state index >= 15 is 4.39 Å². The standard InChI is InChI=1S/C45H51FN8O10/c1-60-44(58)51-37(24-9-15-62-16-10-24)42(56)53-13-3-5-33(53)40-47-22-31(49-40)26-7-8-35-28(19-26)39(55)29-20-30(46)27(21-36(29)64-35)32-23-48-41(50-32)34-6-4-14-54(34)43(57)38(52-45(59)61-2)25-11-17-63-18-12-25/h7-8,19-25,33-34,37-38H,3-6,9-18H2,1-2H3,(H,47,49)(H,48,50)(H,51,58)(H,52,59). The third-order valence-corrected chi connectivity index (χ3v) is 13.2. The Morgan fingerprint density at radius 2 is 1.23 bits per heavy atom. The van der Waals surface area contributed by atoms with Gasteiger partial charge in [0, 0.05) is 50.6 Å². The molecule has 0 radical (unpaired) electrons. The van der Waals surface area contributed by atoms with Crippen LogP contribution in [0.25, 0.3) is 44.5 Å². The summed E-state index contributed by atoms with van der Waals surface area (Å²) in [5.74, 6) is -0.272. The lowest BCUT2D eigenvalue weighted by Gasteiger charge is -2.34. The summed E-state index contributed by atoms with van der Waals surface area (Å²) in [6.07, 6.45) is 7.06. The van der Waals surface area contributed by atoms with Gasteiger partial charge in [-0.3, -0.25) is 14.4 Å². The number of amides is 4. The number of hydrogen-bond acceptors (Lipinski definition) is 12. The highest BCUT2D eigenvalue weighted by molar-refractivity contribution is 5.93. The number of nitrogens with one attached hydrogen (secondary N) is 4. The molecule has 0 spiro atoms. The van der Waals surface area contributed by atoms with E-state index < -0.39 is 41.6 Å². The summed E-state index contributed by atoms with van der Waals surface area (Å²) in [5, 5.41) is 5.82. The number of benzene rings is 2. The number of alkyl carbamates (subject to hydrolysis) is 2. The third-order valence-electron chi connectivity index (χ3n) is 13.2. The number of fused-ring (bicyclic) bond motifs is 2. The summed E-state index contributed by atoms with van der Waals surface area (Å²) < 4.78 is 42.9. The average Bonchev–Trinajstić information content (AvgIpc) is 4.18. The second kappa shape index (κ2) is 18.4. The zero-order valence-electron chi connectivity index (χ0n) is 35.7. The molecule has 19 heteroatoms. The zero-order chi connectivity index (χ0) is 44.5. The normalized spacial score (nSPS) is 20.7. The molecular formula is C45H51FN8O10. The Balaban J connectivity index is 0.942. The molecule has 4 N–H and O–H groups in total. The molecule has 0 aliphatic carbocycles. The number of rotatable bonds is 10. The molecule has 3 aromatic heterocycles. The number of H-pyrrole nitrogens is 2. The minimum Gasteiger partial charge on any atom is -0.456 e. The van der Waals surface area contributed by atoms with Crippen molar-refractivity contribution in [2.45, 2.75) is 75.5 Å². The first-order chi connectivity index (χ1) is 31.1. The number of aromatic amines is 2. The molecule has 0 bridgehead atoms. The number of carbonyl (C=O) groups is 4. The first-order valence-corrected chi connectivity index (χ1v) is 21.9. The van der Waals surface area contributed by atoms with Crippen LogP contribution in [0.5, 0.6) is 0 Å². The second-order valence-electron chi connectivity index (χ2n) is 16.8. The Morgan fingerprint density at radius 1 is 0.719 bits per heavy atom. The number of imidazole rings is 2. The van der Waals surface area contributed by atoms with Crippen LogP contribution in [0.2, 0.25) is 0 Å². The van der Waals surface area contributed by atoms with Crippen LogP contribution in [0.1, 0.15) is 75.1 Å². The molecule has 9 rings (SSSR count). The van der Waals surface area contributed by atoms with E-state index in [0.717, 1.165) is 12.5 Å². The number of carbonyl (C=O) groups excluding carboxylic acids is 4. The lowest BCUT2D eigenvalue weighted by molar-refractivity contribution is -0.137. The lowest BCUT2D eigenvalue weighted by atomic mass is 9.90. The Morgan fingerprint density at radius 3 is 1.78 bits per heavy atom. The van der Waals surface area contributed by atoms with Crippen molar-refractivity contribution in [3.8, 4) is 22.5 Å². The van der Waals surface area contributed by atoms with E-state index in [0.29, 0.717) is 119 Å². The maximum absolute atomic E-state index is 16.0. The summed E-state index contributed by atoms with van der Waals surface area (Å²) in [7, 11) is 2.53. The number of aromatic nitrogens is 4. The van der Waals surface area contributed by atoms with Crippen molar-refractivity contribution < 1.29 is 46.9 Å². The minimum absolute atomic E-state index is 0.0560. The summed E-state index contributed by atoms with van der Waals surface area (Å²) in [6, 6.07) is 5.43. The number of nitrogens with zero attached hydrogens (tertiary/aromatic N) is 4. The summed E-state index contributed by atoms with van der Waals surface area (Å²) in [6.45, 7) is 2.97. The fourth-order valence-electron chi connectivity index (χ4n) is 9.76. The number of hydrogen-bond donors (Lipinski definition) is 4. The van der Waals surface area contributed by atoms with Gasteiger partial charge in [0.15, 0.2) is 0 Å². The van der Waals surface area contributed by atoms with E-state index in [1.165, 1.54) is 26.5 Å². The molecule has 4 saturated heterocycles. The van der Waals surface area contributed by atoms with Gasteiger partial charge in [-0.15, -0.1) is 0 Å². The van der Waals surface area contributed by atoms with Crippen LogP contribution in [0.15, 0.2) is 51.9 Å². The molecule has 338 valence electrons. The summed E-state index contributed by atoms with van der Waals surface area (Å²) in [5.41, 5.74) is 1.80. The molecule has 18 nitrogen and oxygen atoms in total.